The average Bonchev–Trinajstić information content (AvgIpc) is 2.88. The number of methoxy groups -OCH3 is 1. The second-order valence-corrected chi connectivity index (χ2v) is 7.40. The number of guanidine groups is 1. The molecule has 3 aromatic rings. The molecule has 0 radical (unpaired) electrons. The molecule has 0 unspecified atom stereocenters. The molecule has 0 fully saturated rings. The third-order valence-electron chi connectivity index (χ3n) is 4.83. The number of nitrogens with zero attached hydrogens (tertiary/aromatic N) is 2. The number of hydrogen-bond acceptors (Lipinski definition) is 6. The number of pyridine rings is 1. The van der Waals surface area contributed by atoms with Crippen LogP contribution in [0.25, 0.3) is 0 Å². The minimum atomic E-state index is -0.454. The van der Waals surface area contributed by atoms with Crippen molar-refractivity contribution in [2.45, 2.75) is 26.3 Å². The lowest BCUT2D eigenvalue weighted by molar-refractivity contribution is 0.0600. The Hall–Kier alpha value is -4.20. The monoisotopic (exact) mass is 460 g/mol. The first kappa shape index (κ1) is 24.4. The van der Waals surface area contributed by atoms with E-state index < -0.39 is 5.97 Å². The van der Waals surface area contributed by atoms with Gasteiger partial charge in [0.2, 0.25) is 5.96 Å². The number of esters is 1. The number of unbranched alkanes of at least 4 members (excludes halogenated alkanes) is 1. The molecule has 2 aromatic carbocycles. The van der Waals surface area contributed by atoms with Gasteiger partial charge in [0.05, 0.1) is 25.8 Å². The van der Waals surface area contributed by atoms with Crippen LogP contribution < -0.4 is 15.4 Å². The number of carbonyl (C=O) groups excluding carboxylic acids is 2. The van der Waals surface area contributed by atoms with Gasteiger partial charge in [0.25, 0.3) is 5.91 Å². The number of rotatable bonds is 9. The van der Waals surface area contributed by atoms with E-state index in [4.69, 9.17) is 9.47 Å². The summed E-state index contributed by atoms with van der Waals surface area (Å²) in [5.74, 6) is 0.177. The quantitative estimate of drug-likeness (QED) is 0.212. The number of amides is 1. The highest BCUT2D eigenvalue weighted by molar-refractivity contribution is 6.10. The Kier molecular flexibility index (Phi) is 9.16. The molecule has 0 aliphatic rings. The van der Waals surface area contributed by atoms with Crippen LogP contribution in [-0.4, -0.2) is 36.5 Å². The van der Waals surface area contributed by atoms with Crippen molar-refractivity contribution in [2.75, 3.05) is 19.0 Å². The van der Waals surface area contributed by atoms with Crippen LogP contribution in [0, 0.1) is 0 Å². The van der Waals surface area contributed by atoms with Crippen LogP contribution in [0.1, 0.15) is 46.0 Å². The number of carbonyl (C=O) groups is 2. The van der Waals surface area contributed by atoms with Gasteiger partial charge in [0, 0.05) is 23.6 Å². The molecule has 34 heavy (non-hydrogen) atoms. The van der Waals surface area contributed by atoms with Crippen molar-refractivity contribution in [3.8, 4) is 5.75 Å². The molecule has 0 aliphatic heterocycles. The fourth-order valence-corrected chi connectivity index (χ4v) is 2.96. The van der Waals surface area contributed by atoms with Gasteiger partial charge >= 0.3 is 5.97 Å². The van der Waals surface area contributed by atoms with E-state index in [1.165, 1.54) is 7.11 Å². The Morgan fingerprint density at radius 3 is 2.47 bits per heavy atom. The maximum Gasteiger partial charge on any atom is 0.337 e. The molecule has 0 aliphatic carbocycles. The van der Waals surface area contributed by atoms with Gasteiger partial charge in [0.15, 0.2) is 0 Å². The van der Waals surface area contributed by atoms with Crippen LogP contribution in [0.15, 0.2) is 78.0 Å². The molecule has 0 saturated carbocycles. The summed E-state index contributed by atoms with van der Waals surface area (Å²) < 4.78 is 10.4. The van der Waals surface area contributed by atoms with E-state index in [0.29, 0.717) is 35.7 Å². The smallest absolute Gasteiger partial charge is 0.337 e. The van der Waals surface area contributed by atoms with Crippen molar-refractivity contribution in [3.05, 3.63) is 89.7 Å². The lowest BCUT2D eigenvalue weighted by Crippen LogP contribution is -2.36. The van der Waals surface area contributed by atoms with Crippen molar-refractivity contribution in [3.63, 3.8) is 0 Å². The molecular formula is C26H28N4O4. The largest absolute Gasteiger partial charge is 0.494 e. The summed E-state index contributed by atoms with van der Waals surface area (Å²) in [6.45, 7) is 3.07. The van der Waals surface area contributed by atoms with Crippen LogP contribution in [-0.2, 0) is 11.3 Å². The number of aromatic nitrogens is 1. The number of nitrogens with one attached hydrogen (secondary N) is 2. The SMILES string of the molecule is CCCCOc1ccc(C(=O)NC(=NCc2ccncc2)Nc2cccc(C(=O)OC)c2)cc1. The highest BCUT2D eigenvalue weighted by atomic mass is 16.5. The van der Waals surface area contributed by atoms with E-state index in [-0.39, 0.29) is 11.9 Å². The summed E-state index contributed by atoms with van der Waals surface area (Å²) in [7, 11) is 1.32. The van der Waals surface area contributed by atoms with Gasteiger partial charge in [-0.2, -0.15) is 0 Å². The fraction of sp³-hybridized carbons (Fsp3) is 0.231. The van der Waals surface area contributed by atoms with E-state index in [1.54, 1.807) is 60.9 Å². The van der Waals surface area contributed by atoms with Crippen LogP contribution >= 0.6 is 0 Å². The van der Waals surface area contributed by atoms with Gasteiger partial charge in [-0.25, -0.2) is 9.79 Å². The lowest BCUT2D eigenvalue weighted by atomic mass is 10.2. The number of benzene rings is 2. The van der Waals surface area contributed by atoms with Crippen LogP contribution in [0.5, 0.6) is 5.75 Å². The van der Waals surface area contributed by atoms with E-state index in [1.807, 2.05) is 12.1 Å². The van der Waals surface area contributed by atoms with Crippen LogP contribution in [0.4, 0.5) is 5.69 Å². The molecule has 8 nitrogen and oxygen atoms in total. The molecule has 0 saturated heterocycles. The van der Waals surface area contributed by atoms with Gasteiger partial charge in [-0.15, -0.1) is 0 Å². The second kappa shape index (κ2) is 12.7. The first-order chi connectivity index (χ1) is 16.6. The van der Waals surface area contributed by atoms with Crippen molar-refractivity contribution in [2.24, 2.45) is 4.99 Å². The minimum absolute atomic E-state index is 0.243. The number of aliphatic imine (C=N–C) groups is 1. The standard InChI is InChI=1S/C26H28N4O4/c1-3-4-16-34-23-10-8-20(9-11-23)24(31)30-26(28-18-19-12-14-27-15-13-19)29-22-7-5-6-21(17-22)25(32)33-2/h5-15,17H,3-4,16,18H2,1-2H3,(H2,28,29,30,31). The number of hydrogen-bond donors (Lipinski definition) is 2. The molecule has 0 bridgehead atoms. The molecule has 2 N–H and O–H groups in total. The first-order valence-corrected chi connectivity index (χ1v) is 11.0. The summed E-state index contributed by atoms with van der Waals surface area (Å²) in [6, 6.07) is 17.4. The predicted octanol–water partition coefficient (Wildman–Crippen LogP) is 4.45. The summed E-state index contributed by atoms with van der Waals surface area (Å²) in [6.07, 6.45) is 5.39. The second-order valence-electron chi connectivity index (χ2n) is 7.40. The van der Waals surface area contributed by atoms with Crippen LogP contribution in [0.3, 0.4) is 0 Å². The summed E-state index contributed by atoms with van der Waals surface area (Å²) >= 11 is 0. The molecular weight excluding hydrogens is 432 g/mol. The third-order valence-corrected chi connectivity index (χ3v) is 4.83. The lowest BCUT2D eigenvalue weighted by Gasteiger charge is -2.13. The maximum absolute atomic E-state index is 12.9. The van der Waals surface area contributed by atoms with Gasteiger partial charge < -0.3 is 14.8 Å². The zero-order valence-electron chi connectivity index (χ0n) is 19.3. The Bertz CT molecular complexity index is 1120. The van der Waals surface area contributed by atoms with Crippen molar-refractivity contribution in [1.82, 2.24) is 10.3 Å². The number of anilines is 1. The van der Waals surface area contributed by atoms with E-state index in [2.05, 4.69) is 27.5 Å². The average molecular weight is 461 g/mol. The molecule has 0 spiro atoms. The Morgan fingerprint density at radius 2 is 1.76 bits per heavy atom. The Labute approximate surface area is 199 Å². The van der Waals surface area contributed by atoms with Crippen molar-refractivity contribution >= 4 is 23.5 Å². The predicted molar refractivity (Wildman–Crippen MR) is 131 cm³/mol. The molecule has 1 amide bonds. The summed E-state index contributed by atoms with van der Waals surface area (Å²) in [5, 5.41) is 5.90. The Balaban J connectivity index is 1.75. The molecule has 176 valence electrons. The van der Waals surface area contributed by atoms with Crippen molar-refractivity contribution in [1.29, 1.82) is 0 Å². The fourth-order valence-electron chi connectivity index (χ4n) is 2.96. The van der Waals surface area contributed by atoms with Gasteiger partial charge in [-0.05, 0) is 66.6 Å². The summed E-state index contributed by atoms with van der Waals surface area (Å²) in [5.41, 5.74) is 2.35. The third kappa shape index (κ3) is 7.44. The van der Waals surface area contributed by atoms with Gasteiger partial charge in [-0.3, -0.25) is 15.1 Å². The van der Waals surface area contributed by atoms with Gasteiger partial charge in [-0.1, -0.05) is 19.4 Å². The molecule has 1 heterocycles. The maximum atomic E-state index is 12.9. The van der Waals surface area contributed by atoms with Crippen LogP contribution in [0.2, 0.25) is 0 Å². The van der Waals surface area contributed by atoms with Gasteiger partial charge in [0.1, 0.15) is 5.75 Å². The normalized spacial score (nSPS) is 10.9. The molecule has 8 heteroatoms. The van der Waals surface area contributed by atoms with E-state index in [0.717, 1.165) is 18.4 Å². The summed E-state index contributed by atoms with van der Waals surface area (Å²) in [4.78, 5) is 33.3. The first-order valence-electron chi connectivity index (χ1n) is 11.0. The Morgan fingerprint density at radius 1 is 1.00 bits per heavy atom. The highest BCUT2D eigenvalue weighted by Crippen LogP contribution is 2.14. The zero-order valence-corrected chi connectivity index (χ0v) is 19.3. The minimum Gasteiger partial charge on any atom is -0.494 e. The van der Waals surface area contributed by atoms with Crippen molar-refractivity contribution < 1.29 is 19.1 Å². The topological polar surface area (TPSA) is 102 Å². The van der Waals surface area contributed by atoms with E-state index >= 15 is 0 Å². The molecule has 0 atom stereocenters. The molecule has 3 rings (SSSR count). The zero-order chi connectivity index (χ0) is 24.2. The number of ether oxygens (including phenoxy) is 2. The highest BCUT2D eigenvalue weighted by Gasteiger charge is 2.12. The van der Waals surface area contributed by atoms with E-state index in [9.17, 15) is 9.59 Å². The molecule has 1 aromatic heterocycles.